The van der Waals surface area contributed by atoms with E-state index in [9.17, 15) is 13.2 Å². The van der Waals surface area contributed by atoms with Crippen molar-refractivity contribution in [3.63, 3.8) is 0 Å². The first-order chi connectivity index (χ1) is 9.88. The molecule has 0 saturated heterocycles. The first kappa shape index (κ1) is 16.4. The number of carbonyl (C=O) groups excluding carboxylic acids is 1. The third kappa shape index (κ3) is 4.47. The number of Topliss-reactive ketones (excluding diaryl/α,β-unsaturated/α-hetero) is 1. The topological polar surface area (TPSA) is 63.2 Å². The van der Waals surface area contributed by atoms with E-state index in [0.717, 1.165) is 9.35 Å². The van der Waals surface area contributed by atoms with Gasteiger partial charge in [-0.3, -0.25) is 4.79 Å². The molecule has 0 bridgehead atoms. The van der Waals surface area contributed by atoms with E-state index in [0.29, 0.717) is 17.8 Å². The molecule has 1 N–H and O–H groups in total. The molecule has 0 unspecified atom stereocenters. The summed E-state index contributed by atoms with van der Waals surface area (Å²) in [4.78, 5) is 13.1. The van der Waals surface area contributed by atoms with Gasteiger partial charge in [-0.25, -0.2) is 13.1 Å². The van der Waals surface area contributed by atoms with E-state index in [1.807, 2.05) is 6.07 Å². The molecule has 0 aliphatic heterocycles. The Hall–Kier alpha value is -1.02. The molecule has 0 saturated carbocycles. The molecule has 2 aromatic rings. The Morgan fingerprint density at radius 2 is 1.86 bits per heavy atom. The monoisotopic (exact) mass is 387 g/mol. The third-order valence-corrected chi connectivity index (χ3v) is 6.05. The van der Waals surface area contributed by atoms with Crippen LogP contribution in [0.25, 0.3) is 0 Å². The van der Waals surface area contributed by atoms with Crippen LogP contribution in [0.4, 0.5) is 0 Å². The maximum atomic E-state index is 12.1. The summed E-state index contributed by atoms with van der Waals surface area (Å²) in [6, 6.07) is 10.1. The summed E-state index contributed by atoms with van der Waals surface area (Å²) in [7, 11) is -3.49. The number of thiophene rings is 1. The highest BCUT2D eigenvalue weighted by atomic mass is 79.9. The lowest BCUT2D eigenvalue weighted by Gasteiger charge is -2.06. The fraction of sp³-hybridized carbons (Fsp3) is 0.214. The average Bonchev–Trinajstić information content (AvgIpc) is 2.88. The van der Waals surface area contributed by atoms with Crippen LogP contribution in [0.5, 0.6) is 0 Å². The van der Waals surface area contributed by atoms with Crippen molar-refractivity contribution in [2.75, 3.05) is 6.54 Å². The van der Waals surface area contributed by atoms with Crippen LogP contribution in [0, 0.1) is 0 Å². The van der Waals surface area contributed by atoms with E-state index in [1.165, 1.54) is 18.3 Å². The van der Waals surface area contributed by atoms with Crippen molar-refractivity contribution in [1.82, 2.24) is 4.72 Å². The molecular weight excluding hydrogens is 374 g/mol. The molecule has 7 heteroatoms. The number of hydrogen-bond donors (Lipinski definition) is 1. The Kier molecular flexibility index (Phi) is 5.32. The molecule has 21 heavy (non-hydrogen) atoms. The summed E-state index contributed by atoms with van der Waals surface area (Å²) in [5.41, 5.74) is 0. The van der Waals surface area contributed by atoms with Crippen LogP contribution in [0.3, 0.4) is 0 Å². The van der Waals surface area contributed by atoms with Gasteiger partial charge in [0.25, 0.3) is 0 Å². The van der Waals surface area contributed by atoms with Gasteiger partial charge in [0.2, 0.25) is 10.0 Å². The fourth-order valence-corrected chi connectivity index (χ4v) is 3.91. The second kappa shape index (κ2) is 6.83. The highest BCUT2D eigenvalue weighted by Crippen LogP contribution is 2.18. The first-order valence-corrected chi connectivity index (χ1v) is 9.32. The SMILES string of the molecule is CC(=O)c1ccc(CCNS(=O)(=O)c2ccc(Br)cc2)s1. The molecule has 0 radical (unpaired) electrons. The minimum absolute atomic E-state index is 0.0293. The third-order valence-electron chi connectivity index (χ3n) is 2.80. The van der Waals surface area contributed by atoms with Crippen LogP contribution in [0.1, 0.15) is 21.5 Å². The van der Waals surface area contributed by atoms with E-state index in [2.05, 4.69) is 20.7 Å². The van der Waals surface area contributed by atoms with Crippen LogP contribution in [-0.2, 0) is 16.4 Å². The summed E-state index contributed by atoms with van der Waals surface area (Å²) in [6.07, 6.45) is 0.563. The lowest BCUT2D eigenvalue weighted by Crippen LogP contribution is -2.25. The van der Waals surface area contributed by atoms with Crippen molar-refractivity contribution in [3.05, 3.63) is 50.6 Å². The van der Waals surface area contributed by atoms with Crippen LogP contribution in [0.2, 0.25) is 0 Å². The van der Waals surface area contributed by atoms with Gasteiger partial charge >= 0.3 is 0 Å². The summed E-state index contributed by atoms with van der Waals surface area (Å²) < 4.78 is 27.5. The number of nitrogens with one attached hydrogen (secondary N) is 1. The van der Waals surface area contributed by atoms with E-state index < -0.39 is 10.0 Å². The minimum Gasteiger partial charge on any atom is -0.294 e. The number of sulfonamides is 1. The van der Waals surface area contributed by atoms with Gasteiger partial charge in [-0.15, -0.1) is 11.3 Å². The van der Waals surface area contributed by atoms with Gasteiger partial charge in [0.1, 0.15) is 0 Å². The van der Waals surface area contributed by atoms with E-state index in [1.54, 1.807) is 30.3 Å². The number of ketones is 1. The number of hydrogen-bond acceptors (Lipinski definition) is 4. The smallest absolute Gasteiger partial charge is 0.240 e. The molecule has 0 aliphatic carbocycles. The van der Waals surface area contributed by atoms with Gasteiger partial charge in [0.05, 0.1) is 9.77 Å². The van der Waals surface area contributed by atoms with Crippen molar-refractivity contribution in [2.24, 2.45) is 0 Å². The standard InChI is InChI=1S/C14H14BrNO3S2/c1-10(17)14-7-4-12(20-14)8-9-16-21(18,19)13-5-2-11(15)3-6-13/h2-7,16H,8-9H2,1H3. The van der Waals surface area contributed by atoms with Crippen LogP contribution >= 0.6 is 27.3 Å². The molecule has 0 aliphatic rings. The Labute approximate surface area is 136 Å². The highest BCUT2D eigenvalue weighted by molar-refractivity contribution is 9.10. The first-order valence-electron chi connectivity index (χ1n) is 6.23. The summed E-state index contributed by atoms with van der Waals surface area (Å²) in [5, 5.41) is 0. The van der Waals surface area contributed by atoms with Gasteiger partial charge in [0.15, 0.2) is 5.78 Å². The predicted molar refractivity (Wildman–Crippen MR) is 87.4 cm³/mol. The molecule has 4 nitrogen and oxygen atoms in total. The van der Waals surface area contributed by atoms with E-state index in [-0.39, 0.29) is 10.7 Å². The van der Waals surface area contributed by atoms with Gasteiger partial charge in [-0.1, -0.05) is 15.9 Å². The largest absolute Gasteiger partial charge is 0.294 e. The number of benzene rings is 1. The second-order valence-corrected chi connectivity index (χ2v) is 8.27. The molecule has 1 aromatic carbocycles. The van der Waals surface area contributed by atoms with Crippen LogP contribution in [-0.4, -0.2) is 20.7 Å². The molecule has 1 aromatic heterocycles. The summed E-state index contributed by atoms with van der Waals surface area (Å²) in [5.74, 6) is 0.0293. The lowest BCUT2D eigenvalue weighted by atomic mass is 10.3. The summed E-state index contributed by atoms with van der Waals surface area (Å²) in [6.45, 7) is 1.82. The Bertz CT molecular complexity index is 736. The maximum absolute atomic E-state index is 12.1. The van der Waals surface area contributed by atoms with Gasteiger partial charge in [-0.05, 0) is 49.7 Å². The zero-order chi connectivity index (χ0) is 15.5. The number of rotatable bonds is 6. The van der Waals surface area contributed by atoms with Crippen LogP contribution in [0.15, 0.2) is 45.8 Å². The summed E-state index contributed by atoms with van der Waals surface area (Å²) >= 11 is 4.67. The van der Waals surface area contributed by atoms with Crippen molar-refractivity contribution in [2.45, 2.75) is 18.2 Å². The quantitative estimate of drug-likeness (QED) is 0.773. The van der Waals surface area contributed by atoms with Gasteiger partial charge < -0.3 is 0 Å². The molecule has 2 rings (SSSR count). The zero-order valence-corrected chi connectivity index (χ0v) is 14.5. The average molecular weight is 388 g/mol. The molecule has 0 spiro atoms. The molecule has 0 amide bonds. The van der Waals surface area contributed by atoms with E-state index >= 15 is 0 Å². The van der Waals surface area contributed by atoms with Crippen molar-refractivity contribution in [3.8, 4) is 0 Å². The van der Waals surface area contributed by atoms with Crippen molar-refractivity contribution in [1.29, 1.82) is 0 Å². The van der Waals surface area contributed by atoms with Crippen LogP contribution < -0.4 is 4.72 Å². The highest BCUT2D eigenvalue weighted by Gasteiger charge is 2.13. The Balaban J connectivity index is 1.95. The normalized spacial score (nSPS) is 11.5. The van der Waals surface area contributed by atoms with Crippen molar-refractivity contribution < 1.29 is 13.2 Å². The fourth-order valence-electron chi connectivity index (χ4n) is 1.71. The Morgan fingerprint density at radius 3 is 2.43 bits per heavy atom. The molecule has 0 fully saturated rings. The van der Waals surface area contributed by atoms with Gasteiger partial charge in [-0.2, -0.15) is 0 Å². The molecule has 112 valence electrons. The maximum Gasteiger partial charge on any atom is 0.240 e. The van der Waals surface area contributed by atoms with Crippen molar-refractivity contribution >= 4 is 43.1 Å². The molecular formula is C14H14BrNO3S2. The van der Waals surface area contributed by atoms with Gasteiger partial charge in [0, 0.05) is 15.9 Å². The Morgan fingerprint density at radius 1 is 1.19 bits per heavy atom. The molecule has 0 atom stereocenters. The van der Waals surface area contributed by atoms with E-state index in [4.69, 9.17) is 0 Å². The zero-order valence-electron chi connectivity index (χ0n) is 11.3. The molecule has 1 heterocycles. The second-order valence-electron chi connectivity index (χ2n) is 4.42. The predicted octanol–water partition coefficient (Wildman–Crippen LogP) is 3.23. The number of halogens is 1. The number of carbonyl (C=O) groups is 1. The minimum atomic E-state index is -3.49. The lowest BCUT2D eigenvalue weighted by molar-refractivity contribution is 0.102.